The molecule has 1 aromatic carbocycles. The van der Waals surface area contributed by atoms with Gasteiger partial charge in [0.2, 0.25) is 0 Å². The van der Waals surface area contributed by atoms with Crippen LogP contribution < -0.4 is 5.32 Å². The number of benzene rings is 1. The van der Waals surface area contributed by atoms with Gasteiger partial charge in [-0.1, -0.05) is 12.1 Å². The van der Waals surface area contributed by atoms with E-state index < -0.39 is 5.60 Å². The lowest BCUT2D eigenvalue weighted by molar-refractivity contribution is 0.0225. The molecule has 0 radical (unpaired) electrons. The van der Waals surface area contributed by atoms with Gasteiger partial charge >= 0.3 is 6.09 Å². The van der Waals surface area contributed by atoms with Crippen molar-refractivity contribution < 1.29 is 14.6 Å². The first-order chi connectivity index (χ1) is 12.8. The van der Waals surface area contributed by atoms with E-state index in [2.05, 4.69) is 28.5 Å². The van der Waals surface area contributed by atoms with Crippen LogP contribution in [0.3, 0.4) is 0 Å². The minimum absolute atomic E-state index is 0.0487. The SMILES string of the molecule is C[C@@H](CN(CCCO)C(=O)OC(C)(C)C)NCc1ccc2cnccc2c1. The summed E-state index contributed by atoms with van der Waals surface area (Å²) in [5.41, 5.74) is 0.644. The van der Waals surface area contributed by atoms with Gasteiger partial charge in [-0.2, -0.15) is 0 Å². The van der Waals surface area contributed by atoms with Crippen LogP contribution in [0.15, 0.2) is 36.7 Å². The lowest BCUT2D eigenvalue weighted by atomic mass is 10.1. The molecule has 1 amide bonds. The van der Waals surface area contributed by atoms with Crippen LogP contribution in [0.1, 0.15) is 39.7 Å². The highest BCUT2D eigenvalue weighted by Crippen LogP contribution is 2.15. The Labute approximate surface area is 161 Å². The van der Waals surface area contributed by atoms with Crippen LogP contribution in [0.5, 0.6) is 0 Å². The fraction of sp³-hybridized carbons (Fsp3) is 0.524. The monoisotopic (exact) mass is 373 g/mol. The molecule has 0 bridgehead atoms. The van der Waals surface area contributed by atoms with E-state index in [-0.39, 0.29) is 18.7 Å². The number of nitrogens with zero attached hydrogens (tertiary/aromatic N) is 2. The van der Waals surface area contributed by atoms with E-state index in [1.54, 1.807) is 11.1 Å². The van der Waals surface area contributed by atoms with E-state index in [1.807, 2.05) is 40.0 Å². The van der Waals surface area contributed by atoms with Gasteiger partial charge in [0.1, 0.15) is 5.60 Å². The zero-order chi connectivity index (χ0) is 19.9. The fourth-order valence-electron chi connectivity index (χ4n) is 2.78. The maximum absolute atomic E-state index is 12.4. The molecule has 2 rings (SSSR count). The van der Waals surface area contributed by atoms with Gasteiger partial charge in [0, 0.05) is 50.1 Å². The van der Waals surface area contributed by atoms with Gasteiger partial charge in [-0.3, -0.25) is 4.98 Å². The van der Waals surface area contributed by atoms with E-state index in [0.29, 0.717) is 26.1 Å². The Kier molecular flexibility index (Phi) is 7.56. The number of fused-ring (bicyclic) bond motifs is 1. The van der Waals surface area contributed by atoms with Crippen molar-refractivity contribution in [1.29, 1.82) is 0 Å². The van der Waals surface area contributed by atoms with E-state index in [9.17, 15) is 4.79 Å². The molecule has 0 aliphatic heterocycles. The highest BCUT2D eigenvalue weighted by atomic mass is 16.6. The van der Waals surface area contributed by atoms with Crippen molar-refractivity contribution in [3.8, 4) is 0 Å². The van der Waals surface area contributed by atoms with Gasteiger partial charge in [-0.15, -0.1) is 0 Å². The standard InChI is InChI=1S/C21H31N3O3/c1-16(15-24(10-5-11-25)20(26)27-21(2,3)4)23-13-17-6-7-19-14-22-9-8-18(19)12-17/h6-9,12,14,16,23,25H,5,10-11,13,15H2,1-4H3/t16-/m0/s1. The smallest absolute Gasteiger partial charge is 0.410 e. The average molecular weight is 373 g/mol. The number of carbonyl (C=O) groups excluding carboxylic acids is 1. The molecule has 2 aromatic rings. The maximum Gasteiger partial charge on any atom is 0.410 e. The summed E-state index contributed by atoms with van der Waals surface area (Å²) < 4.78 is 5.48. The van der Waals surface area contributed by atoms with Gasteiger partial charge in [0.15, 0.2) is 0 Å². The number of rotatable bonds is 8. The number of ether oxygens (including phenoxy) is 1. The molecule has 0 aliphatic carbocycles. The van der Waals surface area contributed by atoms with Crippen molar-refractivity contribution >= 4 is 16.9 Å². The number of amides is 1. The number of hydrogen-bond acceptors (Lipinski definition) is 5. The van der Waals surface area contributed by atoms with Crippen LogP contribution in [-0.4, -0.2) is 52.4 Å². The van der Waals surface area contributed by atoms with Crippen molar-refractivity contribution in [2.75, 3.05) is 19.7 Å². The number of nitrogens with one attached hydrogen (secondary N) is 1. The molecule has 1 atom stereocenters. The molecule has 148 valence electrons. The summed E-state index contributed by atoms with van der Waals surface area (Å²) in [5.74, 6) is 0. The summed E-state index contributed by atoms with van der Waals surface area (Å²) in [5, 5.41) is 14.8. The Morgan fingerprint density at radius 3 is 2.78 bits per heavy atom. The number of aromatic nitrogens is 1. The second-order valence-electron chi connectivity index (χ2n) is 7.84. The molecule has 0 saturated carbocycles. The molecule has 0 fully saturated rings. The van der Waals surface area contributed by atoms with Gasteiger partial charge in [-0.05, 0) is 57.2 Å². The summed E-state index contributed by atoms with van der Waals surface area (Å²) in [6.45, 7) is 9.35. The molecule has 1 aromatic heterocycles. The highest BCUT2D eigenvalue weighted by Gasteiger charge is 2.23. The zero-order valence-electron chi connectivity index (χ0n) is 16.7. The van der Waals surface area contributed by atoms with Crippen molar-refractivity contribution in [1.82, 2.24) is 15.2 Å². The zero-order valence-corrected chi connectivity index (χ0v) is 16.7. The van der Waals surface area contributed by atoms with Gasteiger partial charge in [0.05, 0.1) is 0 Å². The van der Waals surface area contributed by atoms with Crippen LogP contribution in [0.4, 0.5) is 4.79 Å². The van der Waals surface area contributed by atoms with Crippen LogP contribution in [0.25, 0.3) is 10.8 Å². The predicted molar refractivity (Wildman–Crippen MR) is 108 cm³/mol. The fourth-order valence-corrected chi connectivity index (χ4v) is 2.78. The normalized spacial score (nSPS) is 12.8. The Balaban J connectivity index is 1.93. The van der Waals surface area contributed by atoms with Crippen molar-refractivity contribution in [2.45, 2.75) is 52.3 Å². The molecule has 0 unspecified atom stereocenters. The number of pyridine rings is 1. The largest absolute Gasteiger partial charge is 0.444 e. The van der Waals surface area contributed by atoms with Gasteiger partial charge < -0.3 is 20.1 Å². The molecule has 27 heavy (non-hydrogen) atoms. The molecule has 2 N–H and O–H groups in total. The Morgan fingerprint density at radius 2 is 2.07 bits per heavy atom. The highest BCUT2D eigenvalue weighted by molar-refractivity contribution is 5.81. The summed E-state index contributed by atoms with van der Waals surface area (Å²) >= 11 is 0. The molecular formula is C21H31N3O3. The summed E-state index contributed by atoms with van der Waals surface area (Å²) in [7, 11) is 0. The number of aliphatic hydroxyl groups is 1. The number of hydrogen-bond donors (Lipinski definition) is 2. The van der Waals surface area contributed by atoms with Crippen LogP contribution in [0.2, 0.25) is 0 Å². The first-order valence-corrected chi connectivity index (χ1v) is 9.43. The Morgan fingerprint density at radius 1 is 1.30 bits per heavy atom. The van der Waals surface area contributed by atoms with E-state index in [0.717, 1.165) is 10.8 Å². The Bertz CT molecular complexity index is 743. The van der Waals surface area contributed by atoms with Crippen LogP contribution in [0, 0.1) is 0 Å². The van der Waals surface area contributed by atoms with Crippen molar-refractivity contribution in [3.63, 3.8) is 0 Å². The third-order valence-electron chi connectivity index (χ3n) is 4.09. The van der Waals surface area contributed by atoms with Crippen molar-refractivity contribution in [2.24, 2.45) is 0 Å². The predicted octanol–water partition coefficient (Wildman–Crippen LogP) is 3.33. The minimum atomic E-state index is -0.537. The van der Waals surface area contributed by atoms with Crippen molar-refractivity contribution in [3.05, 3.63) is 42.2 Å². The van der Waals surface area contributed by atoms with E-state index >= 15 is 0 Å². The summed E-state index contributed by atoms with van der Waals surface area (Å²) in [4.78, 5) is 18.2. The first kappa shape index (κ1) is 21.1. The third-order valence-corrected chi connectivity index (χ3v) is 4.09. The van der Waals surface area contributed by atoms with E-state index in [1.165, 1.54) is 5.56 Å². The topological polar surface area (TPSA) is 74.7 Å². The first-order valence-electron chi connectivity index (χ1n) is 9.43. The summed E-state index contributed by atoms with van der Waals surface area (Å²) in [6, 6.07) is 8.39. The quantitative estimate of drug-likeness (QED) is 0.742. The molecule has 0 aliphatic rings. The second-order valence-corrected chi connectivity index (χ2v) is 7.84. The summed E-state index contributed by atoms with van der Waals surface area (Å²) in [6.07, 6.45) is 3.84. The molecular weight excluding hydrogens is 342 g/mol. The lowest BCUT2D eigenvalue weighted by Crippen LogP contribution is -2.44. The lowest BCUT2D eigenvalue weighted by Gasteiger charge is -2.29. The minimum Gasteiger partial charge on any atom is -0.444 e. The molecule has 1 heterocycles. The van der Waals surface area contributed by atoms with Crippen LogP contribution >= 0.6 is 0 Å². The Hall–Kier alpha value is -2.18. The van der Waals surface area contributed by atoms with E-state index in [4.69, 9.17) is 9.84 Å². The number of aliphatic hydroxyl groups excluding tert-OH is 1. The molecule has 0 spiro atoms. The van der Waals surface area contributed by atoms with Gasteiger partial charge in [-0.25, -0.2) is 4.79 Å². The molecule has 6 nitrogen and oxygen atoms in total. The van der Waals surface area contributed by atoms with Crippen LogP contribution in [-0.2, 0) is 11.3 Å². The molecule has 0 saturated heterocycles. The second kappa shape index (κ2) is 9.67. The van der Waals surface area contributed by atoms with Gasteiger partial charge in [0.25, 0.3) is 0 Å². The maximum atomic E-state index is 12.4. The average Bonchev–Trinajstić information content (AvgIpc) is 2.61. The molecule has 6 heteroatoms. The number of carbonyl (C=O) groups is 1. The third kappa shape index (κ3) is 7.15.